The molecular formula is C90H119N13O29S2. The molecule has 0 radical (unpaired) electrons. The molecule has 5 aliphatic heterocycles. The van der Waals surface area contributed by atoms with Gasteiger partial charge >= 0.3 is 30.3 Å². The van der Waals surface area contributed by atoms with Gasteiger partial charge in [0.1, 0.15) is 67.2 Å². The minimum Gasteiger partial charge on any atom is -0.496 e. The first-order valence-electron chi connectivity index (χ1n) is 43.8. The van der Waals surface area contributed by atoms with E-state index >= 15 is 0 Å². The quantitative estimate of drug-likeness (QED) is 0.00772. The number of nitrogens with two attached hydrogens (primary N) is 1. The summed E-state index contributed by atoms with van der Waals surface area (Å²) in [7, 11) is 6.72. The summed E-state index contributed by atoms with van der Waals surface area (Å²) >= 11 is 0. The number of aromatic nitrogens is 5. The number of anilines is 2. The Morgan fingerprint density at radius 3 is 2.02 bits per heavy atom. The number of ketones is 3. The maximum Gasteiger partial charge on any atom is 0.426 e. The lowest BCUT2D eigenvalue weighted by molar-refractivity contribution is -0.204. The molecule has 6 aliphatic rings. The number of para-hydroxylation sites is 1. The molecule has 1 unspecified atom stereocenters. The van der Waals surface area contributed by atoms with E-state index in [2.05, 4.69) is 113 Å². The number of nitrogens with one attached hydrogen (secondary N) is 6. The molecule has 21 atom stereocenters. The Balaban J connectivity index is 0.000000285. The molecule has 2 bridgehead atoms. The molecule has 3 aromatic carbocycles. The van der Waals surface area contributed by atoms with Gasteiger partial charge in [0.15, 0.2) is 34.1 Å². The van der Waals surface area contributed by atoms with Crippen LogP contribution in [0.1, 0.15) is 149 Å². The Kier molecular flexibility index (Phi) is 37.1. The number of carboxylic acids is 2. The van der Waals surface area contributed by atoms with Crippen molar-refractivity contribution in [2.45, 2.75) is 213 Å². The zero-order valence-electron chi connectivity index (χ0n) is 75.4. The fourth-order valence-electron chi connectivity index (χ4n) is 20.2. The second-order valence-electron chi connectivity index (χ2n) is 35.0. The molecule has 730 valence electrons. The Labute approximate surface area is 777 Å². The largest absolute Gasteiger partial charge is 0.496 e. The number of aliphatic hydroxyl groups excluding tert-OH is 9. The number of hydrogen-bond acceptors (Lipinski definition) is 36. The molecule has 6 aromatic rings. The molecule has 21 N–H and O–H groups in total. The molecule has 134 heavy (non-hydrogen) atoms. The Morgan fingerprint density at radius 2 is 1.41 bits per heavy atom. The molecule has 8 heterocycles. The summed E-state index contributed by atoms with van der Waals surface area (Å²) in [6, 6.07) is 13.8. The predicted octanol–water partition coefficient (Wildman–Crippen LogP) is -0.385. The third kappa shape index (κ3) is 23.1. The van der Waals surface area contributed by atoms with Gasteiger partial charge in [-0.05, 0) is 119 Å². The number of ether oxygens (including phenoxy) is 2. The minimum atomic E-state index is -2.38. The summed E-state index contributed by atoms with van der Waals surface area (Å²) in [6.45, 7) is 10.7. The van der Waals surface area contributed by atoms with Crippen molar-refractivity contribution in [2.75, 3.05) is 89.3 Å². The lowest BCUT2D eigenvalue weighted by Gasteiger charge is -2.63. The number of Topliss-reactive ketones (excluding diaryl/α,β-unsaturated/α-hetero) is 3. The summed E-state index contributed by atoms with van der Waals surface area (Å²) in [4.78, 5) is 188. The SMILES string of the molecule is CC[C@H](CC(=O)[C@@H](NC(=O)[C@H](C)CC(=O)[C@@H](NC(=O)CC[C@H](CC(=O)c1ccc(CCc2cnc3nc(N)[nH]c(=O)c3n2)cc1)C(=O)O)[C@@H](O)[C@H](O)[C@H](O)CO)[C@@H](O)[C@H](O)[C@H](O)CO)C(=O)O.CC[C@]1(O)C[C@H]2CN(CCc3c([nH]c4ccccc34)[C@@](C)(c3cc4c(cc3OC)N(C)[C@H]3[C@@](O)(C(=O)NNC(=O)OCCSSC)[C@H](O)[C@]5(CC)C=CCN6CC[C@]43[C@@H]65)C2)C1.O=C=O.O=C=O. The van der Waals surface area contributed by atoms with E-state index in [1.807, 2.05) is 31.2 Å². The van der Waals surface area contributed by atoms with Gasteiger partial charge in [-0.15, -0.1) is 0 Å². The van der Waals surface area contributed by atoms with Crippen molar-refractivity contribution in [1.82, 2.24) is 56.2 Å². The summed E-state index contributed by atoms with van der Waals surface area (Å²) in [6.07, 6.45) is -6.16. The van der Waals surface area contributed by atoms with Gasteiger partial charge in [-0.1, -0.05) is 104 Å². The van der Waals surface area contributed by atoms with Crippen LogP contribution in [-0.4, -0.2) is 323 Å². The van der Waals surface area contributed by atoms with Crippen molar-refractivity contribution >= 4 is 121 Å². The van der Waals surface area contributed by atoms with Crippen LogP contribution < -0.4 is 42.4 Å². The van der Waals surface area contributed by atoms with Crippen molar-refractivity contribution in [3.8, 4) is 5.75 Å². The van der Waals surface area contributed by atoms with Gasteiger partial charge in [0, 0.05) is 132 Å². The average Bonchev–Trinajstić information content (AvgIpc) is 1.47. The van der Waals surface area contributed by atoms with Gasteiger partial charge in [-0.3, -0.25) is 63.4 Å². The molecule has 1 saturated carbocycles. The predicted molar refractivity (Wildman–Crippen MR) is 481 cm³/mol. The van der Waals surface area contributed by atoms with Gasteiger partial charge in [0.05, 0.1) is 55.7 Å². The van der Waals surface area contributed by atoms with Crippen molar-refractivity contribution in [1.29, 1.82) is 0 Å². The highest BCUT2D eigenvalue weighted by atomic mass is 33.1. The molecule has 4 amide bonds. The number of nitrogens with zero attached hydrogens (tertiary/aromatic N) is 6. The minimum absolute atomic E-state index is 0.0119. The van der Waals surface area contributed by atoms with Gasteiger partial charge in [-0.2, -0.15) is 24.2 Å². The van der Waals surface area contributed by atoms with E-state index < -0.39 is 210 Å². The van der Waals surface area contributed by atoms with Crippen LogP contribution in [-0.2, 0) is 87.6 Å². The van der Waals surface area contributed by atoms with Gasteiger partial charge < -0.3 is 102 Å². The van der Waals surface area contributed by atoms with Gasteiger partial charge in [-0.25, -0.2) is 20.2 Å². The normalized spacial score (nSPS) is 24.9. The topological polar surface area (TPSA) is 675 Å². The lowest BCUT2D eigenvalue weighted by Crippen LogP contribution is -2.82. The first-order chi connectivity index (χ1) is 63.6. The van der Waals surface area contributed by atoms with Crippen LogP contribution in [0, 0.1) is 29.1 Å². The number of carbonyl (C=O) groups is 9. The number of amides is 4. The van der Waals surface area contributed by atoms with Crippen LogP contribution in [0.3, 0.4) is 0 Å². The Bertz CT molecular complexity index is 5360. The second-order valence-corrected chi connectivity index (χ2v) is 37.7. The number of hydrogen-bond donors (Lipinski definition) is 20. The number of aromatic amines is 2. The molecule has 1 aliphatic carbocycles. The number of carbonyl (C=O) groups excluding carboxylic acids is 11. The number of rotatable bonds is 38. The fourth-order valence-corrected chi connectivity index (χ4v) is 21.2. The van der Waals surface area contributed by atoms with E-state index in [0.717, 1.165) is 66.4 Å². The van der Waals surface area contributed by atoms with E-state index in [1.54, 1.807) is 40.8 Å². The Morgan fingerprint density at radius 1 is 0.769 bits per heavy atom. The molecule has 1 spiro atoms. The van der Waals surface area contributed by atoms with E-state index in [0.29, 0.717) is 75.4 Å². The Hall–Kier alpha value is -10.9. The van der Waals surface area contributed by atoms with Crippen molar-refractivity contribution in [2.24, 2.45) is 29.1 Å². The lowest BCUT2D eigenvalue weighted by atomic mass is 9.47. The van der Waals surface area contributed by atoms with E-state index in [1.165, 1.54) is 36.2 Å². The number of hydrazine groups is 1. The summed E-state index contributed by atoms with van der Waals surface area (Å²) in [5.41, 5.74) is 12.1. The summed E-state index contributed by atoms with van der Waals surface area (Å²) in [5.74, 6) is -11.8. The van der Waals surface area contributed by atoms with Crippen LogP contribution in [0.5, 0.6) is 5.75 Å². The van der Waals surface area contributed by atoms with Crippen LogP contribution in [0.4, 0.5) is 16.4 Å². The number of benzene rings is 3. The van der Waals surface area contributed by atoms with Gasteiger partial charge in [0.2, 0.25) is 17.8 Å². The van der Waals surface area contributed by atoms with Crippen LogP contribution in [0.2, 0.25) is 0 Å². The third-order valence-corrected chi connectivity index (χ3v) is 28.6. The number of carboxylic acid groups (broad SMARTS) is 2. The van der Waals surface area contributed by atoms with Gasteiger partial charge in [0.25, 0.3) is 11.5 Å². The average molecular weight is 1910 g/mol. The second kappa shape index (κ2) is 46.6. The number of methoxy groups -OCH3 is 1. The maximum atomic E-state index is 14.7. The van der Waals surface area contributed by atoms with Crippen molar-refractivity contribution in [3.63, 3.8) is 0 Å². The molecular weight excluding hydrogens is 1790 g/mol. The number of aryl methyl sites for hydroxylation is 2. The first kappa shape index (κ1) is 107. The molecule has 2 saturated heterocycles. The van der Waals surface area contributed by atoms with E-state index in [4.69, 9.17) is 34.4 Å². The first-order valence-corrected chi connectivity index (χ1v) is 46.6. The number of H-pyrrole nitrogens is 2. The standard InChI is InChI=1S/C46H62N6O7S2.C42H57N7O18.2CO2/c1-7-43(56)25-28-24-42(3,36-30(14-18-51(26-28)27-43)29-12-9-10-13-33(29)47-36)32-22-31-34(23-35(32)58-5)50(4)38-45(31)16-19-52-17-11-15-44(8-2,37(45)52)39(53)46(38,57)40(54)48-49-41(55)59-20-21-61-60-6;1-3-20(40(64)65)13-26(54)31(36(61)34(59)28(56)17-51)47-38(62)18(2)12-25(53)30(35(60)33(58)27(55)16-50)46-29(57)11-9-22(41(66)67)14-24(52)21-7-4-19(5-8-21)6-10-23-15-44-37-32(45-23)39(63)49-42(43)48-37;2*2-1-3/h9-13,15,22-23,28,37-39,47,53,56-57H,7-8,14,16-21,24-27H2,1-6H3,(H,48,54)(H,49,55);4-5,7-8,15,18,20,22,27-28,30-31,33-36,50-51,55-56,58-61H,3,6,9-14,16-17H2,1-2H3,(H,46,57)(H,47,62)(H,64,65)(H,66,67)(H3,43,44,48,49,63);;/t28-,37-,38+,39+,42+,43-,44+,45+,46-;18-,20-,22-,27-,28-,30-,31-,33-,34-,35-,36-;;/m01../s1. The fraction of sp³-hybridized carbons (Fsp3) is 0.567. The van der Waals surface area contributed by atoms with E-state index in [-0.39, 0.29) is 60.0 Å². The number of likely N-dealkylation sites (N-methyl/N-ethyl adjacent to an activating group) is 1. The van der Waals surface area contributed by atoms with Crippen molar-refractivity contribution < 1.29 is 138 Å². The zero-order chi connectivity index (χ0) is 98.8. The number of nitrogen functional groups attached to an aromatic ring is 1. The smallest absolute Gasteiger partial charge is 0.426 e. The van der Waals surface area contributed by atoms with E-state index in [9.17, 15) is 114 Å². The monoisotopic (exact) mass is 1910 g/mol. The summed E-state index contributed by atoms with van der Waals surface area (Å²) < 4.78 is 11.7. The molecule has 42 nitrogen and oxygen atoms in total. The van der Waals surface area contributed by atoms with Crippen LogP contribution >= 0.6 is 21.6 Å². The number of fused-ring (bicyclic) bond motifs is 7. The highest BCUT2D eigenvalue weighted by molar-refractivity contribution is 8.76. The van der Waals surface area contributed by atoms with Crippen LogP contribution in [0.25, 0.3) is 22.1 Å². The number of piperidine rings is 1. The molecule has 3 aromatic heterocycles. The van der Waals surface area contributed by atoms with Crippen molar-refractivity contribution in [3.05, 3.63) is 129 Å². The third-order valence-electron chi connectivity index (χ3n) is 26.9. The molecule has 12 rings (SSSR count). The number of aliphatic hydroxyl groups is 11. The number of aliphatic carboxylic acids is 2. The zero-order valence-corrected chi connectivity index (χ0v) is 77.0. The molecule has 3 fully saturated rings. The highest BCUT2D eigenvalue weighted by Crippen LogP contribution is 2.68. The maximum absolute atomic E-state index is 14.7. The molecule has 44 heteroatoms. The highest BCUT2D eigenvalue weighted by Gasteiger charge is 2.79. The van der Waals surface area contributed by atoms with Crippen LogP contribution in [0.15, 0.2) is 83.8 Å². The summed E-state index contributed by atoms with van der Waals surface area (Å²) in [5, 5.41) is 143.